The normalized spacial score (nSPS) is 18.0. The molecular weight excluding hydrogens is 300 g/mol. The van der Waals surface area contributed by atoms with Crippen LogP contribution >= 0.6 is 12.4 Å². The summed E-state index contributed by atoms with van der Waals surface area (Å²) in [5.74, 6) is 1.54. The maximum Gasteiger partial charge on any atom is 0.226 e. The zero-order valence-corrected chi connectivity index (χ0v) is 14.5. The number of rotatable bonds is 5. The van der Waals surface area contributed by atoms with E-state index in [0.717, 1.165) is 25.4 Å². The molecule has 124 valence electrons. The number of amides is 1. The van der Waals surface area contributed by atoms with Gasteiger partial charge in [-0.3, -0.25) is 4.79 Å². The van der Waals surface area contributed by atoms with E-state index in [1.165, 1.54) is 5.56 Å². The maximum atomic E-state index is 12.2. The van der Waals surface area contributed by atoms with Gasteiger partial charge in [0.25, 0.3) is 0 Å². The summed E-state index contributed by atoms with van der Waals surface area (Å²) in [7, 11) is 0. The topological polar surface area (TPSA) is 41.6 Å². The minimum absolute atomic E-state index is 0. The van der Waals surface area contributed by atoms with Crippen molar-refractivity contribution in [1.82, 2.24) is 10.2 Å². The third kappa shape index (κ3) is 5.18. The van der Waals surface area contributed by atoms with Crippen molar-refractivity contribution in [3.05, 3.63) is 29.8 Å². The summed E-state index contributed by atoms with van der Waals surface area (Å²) in [5, 5.41) is 3.29. The van der Waals surface area contributed by atoms with E-state index >= 15 is 0 Å². The molecule has 1 amide bonds. The van der Waals surface area contributed by atoms with Gasteiger partial charge in [-0.05, 0) is 30.5 Å². The van der Waals surface area contributed by atoms with Gasteiger partial charge < -0.3 is 15.0 Å². The highest BCUT2D eigenvalue weighted by molar-refractivity contribution is 5.85. The molecule has 1 heterocycles. The smallest absolute Gasteiger partial charge is 0.226 e. The Morgan fingerprint density at radius 1 is 1.36 bits per heavy atom. The Bertz CT molecular complexity index is 462. The zero-order chi connectivity index (χ0) is 15.2. The molecule has 1 aliphatic heterocycles. The highest BCUT2D eigenvalue weighted by Crippen LogP contribution is 2.18. The van der Waals surface area contributed by atoms with Gasteiger partial charge in [0, 0.05) is 25.7 Å². The lowest BCUT2D eigenvalue weighted by Crippen LogP contribution is -2.52. The van der Waals surface area contributed by atoms with Gasteiger partial charge in [0.2, 0.25) is 5.91 Å². The first-order valence-electron chi connectivity index (χ1n) is 7.81. The van der Waals surface area contributed by atoms with Gasteiger partial charge in [0.05, 0.1) is 13.0 Å². The van der Waals surface area contributed by atoms with E-state index in [1.54, 1.807) is 0 Å². The summed E-state index contributed by atoms with van der Waals surface area (Å²) in [6.45, 7) is 9.42. The second-order valence-corrected chi connectivity index (χ2v) is 5.96. The predicted molar refractivity (Wildman–Crippen MR) is 91.9 cm³/mol. The number of hydrogen-bond donors (Lipinski definition) is 1. The summed E-state index contributed by atoms with van der Waals surface area (Å²) < 4.78 is 5.67. The molecule has 0 saturated carbocycles. The van der Waals surface area contributed by atoms with Crippen LogP contribution in [0.25, 0.3) is 0 Å². The van der Waals surface area contributed by atoms with E-state index in [1.807, 2.05) is 17.0 Å². The molecule has 22 heavy (non-hydrogen) atoms. The highest BCUT2D eigenvalue weighted by Gasteiger charge is 2.22. The van der Waals surface area contributed by atoms with E-state index in [2.05, 4.69) is 38.2 Å². The lowest BCUT2D eigenvalue weighted by atomic mass is 10.0. The molecule has 1 aliphatic rings. The van der Waals surface area contributed by atoms with Crippen LogP contribution in [0, 0.1) is 0 Å². The minimum Gasteiger partial charge on any atom is -0.493 e. The van der Waals surface area contributed by atoms with Gasteiger partial charge in [-0.25, -0.2) is 0 Å². The number of carbonyl (C=O) groups is 1. The van der Waals surface area contributed by atoms with Crippen LogP contribution in [0.1, 0.15) is 38.7 Å². The fourth-order valence-corrected chi connectivity index (χ4v) is 2.56. The molecule has 1 aromatic rings. The number of halogens is 1. The first-order valence-corrected chi connectivity index (χ1v) is 7.81. The van der Waals surface area contributed by atoms with E-state index in [0.29, 0.717) is 18.9 Å². The van der Waals surface area contributed by atoms with Crippen LogP contribution < -0.4 is 10.1 Å². The summed E-state index contributed by atoms with van der Waals surface area (Å²) in [4.78, 5) is 14.1. The molecule has 1 atom stereocenters. The fraction of sp³-hybridized carbons (Fsp3) is 0.588. The Kier molecular flexibility index (Phi) is 7.69. The Morgan fingerprint density at radius 2 is 2.05 bits per heavy atom. The molecule has 0 radical (unpaired) electrons. The van der Waals surface area contributed by atoms with E-state index in [9.17, 15) is 4.79 Å². The Balaban J connectivity index is 0.00000242. The number of benzene rings is 1. The van der Waals surface area contributed by atoms with Crippen LogP contribution in [0.15, 0.2) is 24.3 Å². The van der Waals surface area contributed by atoms with Crippen molar-refractivity contribution in [1.29, 1.82) is 0 Å². The monoisotopic (exact) mass is 326 g/mol. The van der Waals surface area contributed by atoms with Crippen molar-refractivity contribution < 1.29 is 9.53 Å². The van der Waals surface area contributed by atoms with Crippen molar-refractivity contribution in [2.75, 3.05) is 26.2 Å². The van der Waals surface area contributed by atoms with Crippen LogP contribution in [0.2, 0.25) is 0 Å². The molecule has 0 aromatic heterocycles. The number of carbonyl (C=O) groups excluding carboxylic acids is 1. The summed E-state index contributed by atoms with van der Waals surface area (Å²) >= 11 is 0. The van der Waals surface area contributed by atoms with E-state index in [4.69, 9.17) is 4.74 Å². The summed E-state index contributed by atoms with van der Waals surface area (Å²) in [6.07, 6.45) is 0.441. The molecule has 1 aromatic carbocycles. The standard InChI is InChI=1S/C17H26N2O2.ClH/c1-13(2)15-4-6-16(7-5-15)21-11-8-17(20)19-10-9-18-12-14(19)3;/h4-7,13-14,18H,8-12H2,1-3H3;1H. The number of nitrogens with zero attached hydrogens (tertiary/aromatic N) is 1. The average Bonchev–Trinajstić information content (AvgIpc) is 2.48. The number of piperazine rings is 1. The van der Waals surface area contributed by atoms with Crippen LogP contribution in [0.4, 0.5) is 0 Å². The molecule has 4 nitrogen and oxygen atoms in total. The van der Waals surface area contributed by atoms with E-state index < -0.39 is 0 Å². The van der Waals surface area contributed by atoms with Gasteiger partial charge in [-0.2, -0.15) is 0 Å². The maximum absolute atomic E-state index is 12.2. The van der Waals surface area contributed by atoms with Crippen molar-refractivity contribution in [3.63, 3.8) is 0 Å². The second-order valence-electron chi connectivity index (χ2n) is 5.96. The minimum atomic E-state index is 0. The highest BCUT2D eigenvalue weighted by atomic mass is 35.5. The molecule has 0 aliphatic carbocycles. The average molecular weight is 327 g/mol. The summed E-state index contributed by atoms with van der Waals surface area (Å²) in [5.41, 5.74) is 1.30. The summed E-state index contributed by atoms with van der Waals surface area (Å²) in [6, 6.07) is 8.40. The second kappa shape index (κ2) is 9.01. The Morgan fingerprint density at radius 3 is 2.64 bits per heavy atom. The van der Waals surface area contributed by atoms with Crippen molar-refractivity contribution in [2.45, 2.75) is 39.2 Å². The van der Waals surface area contributed by atoms with E-state index in [-0.39, 0.29) is 24.4 Å². The van der Waals surface area contributed by atoms with Gasteiger partial charge in [0.1, 0.15) is 5.75 Å². The fourth-order valence-electron chi connectivity index (χ4n) is 2.56. The van der Waals surface area contributed by atoms with Crippen molar-refractivity contribution in [2.24, 2.45) is 0 Å². The van der Waals surface area contributed by atoms with Crippen LogP contribution in [-0.4, -0.2) is 43.1 Å². The van der Waals surface area contributed by atoms with Crippen LogP contribution in [0.5, 0.6) is 5.75 Å². The molecule has 1 fully saturated rings. The zero-order valence-electron chi connectivity index (χ0n) is 13.7. The van der Waals surface area contributed by atoms with Crippen LogP contribution in [-0.2, 0) is 4.79 Å². The lowest BCUT2D eigenvalue weighted by Gasteiger charge is -2.34. The molecule has 1 N–H and O–H groups in total. The Labute approximate surface area is 139 Å². The van der Waals surface area contributed by atoms with Gasteiger partial charge in [-0.15, -0.1) is 12.4 Å². The third-order valence-corrected chi connectivity index (χ3v) is 3.95. The molecule has 1 unspecified atom stereocenters. The van der Waals surface area contributed by atoms with Gasteiger partial charge >= 0.3 is 0 Å². The quantitative estimate of drug-likeness (QED) is 0.904. The predicted octanol–water partition coefficient (Wildman–Crippen LogP) is 2.82. The number of hydrogen-bond acceptors (Lipinski definition) is 3. The van der Waals surface area contributed by atoms with Crippen molar-refractivity contribution in [3.8, 4) is 5.75 Å². The lowest BCUT2D eigenvalue weighted by molar-refractivity contribution is -0.134. The Hall–Kier alpha value is -1.26. The van der Waals surface area contributed by atoms with Crippen molar-refractivity contribution >= 4 is 18.3 Å². The molecule has 0 bridgehead atoms. The molecule has 5 heteroatoms. The molecule has 0 spiro atoms. The number of ether oxygens (including phenoxy) is 1. The number of nitrogens with one attached hydrogen (secondary N) is 1. The molecule has 2 rings (SSSR count). The molecular formula is C17H27ClN2O2. The largest absolute Gasteiger partial charge is 0.493 e. The first kappa shape index (κ1) is 18.8. The molecule has 1 saturated heterocycles. The van der Waals surface area contributed by atoms with Gasteiger partial charge in [-0.1, -0.05) is 26.0 Å². The van der Waals surface area contributed by atoms with Gasteiger partial charge in [0.15, 0.2) is 0 Å². The SMILES string of the molecule is CC(C)c1ccc(OCCC(=O)N2CCNCC2C)cc1.Cl. The first-order chi connectivity index (χ1) is 10.1. The third-order valence-electron chi connectivity index (χ3n) is 3.95. The van der Waals surface area contributed by atoms with Crippen LogP contribution in [0.3, 0.4) is 0 Å².